The van der Waals surface area contributed by atoms with Crippen molar-refractivity contribution in [3.63, 3.8) is 0 Å². The van der Waals surface area contributed by atoms with Crippen LogP contribution in [0.2, 0.25) is 0 Å². The molecule has 28 rings (SSSR count). The molecule has 0 N–H and O–H groups in total. The van der Waals surface area contributed by atoms with Crippen LogP contribution in [0.25, 0.3) is 242 Å². The smallest absolute Gasteiger partial charge is 0.0973 e. The van der Waals surface area contributed by atoms with Gasteiger partial charge in [-0.25, -0.2) is 0 Å². The van der Waals surface area contributed by atoms with Crippen molar-refractivity contribution in [3.05, 3.63) is 478 Å². The summed E-state index contributed by atoms with van der Waals surface area (Å²) < 4.78 is 14.5. The van der Waals surface area contributed by atoms with Gasteiger partial charge in [0.15, 0.2) is 0 Å². The summed E-state index contributed by atoms with van der Waals surface area (Å²) in [6.45, 7) is 8.84. The van der Waals surface area contributed by atoms with Crippen molar-refractivity contribution >= 4 is 164 Å². The average molecular weight is 1740 g/mol. The number of hydrogen-bond acceptors (Lipinski definition) is 3. The van der Waals surface area contributed by atoms with E-state index in [1.807, 2.05) is 0 Å². The molecule has 0 aliphatic heterocycles. The van der Waals surface area contributed by atoms with Crippen LogP contribution in [-0.4, -0.2) is 42.4 Å². The molecule has 0 saturated carbocycles. The van der Waals surface area contributed by atoms with Crippen LogP contribution in [0.15, 0.2) is 455 Å². The predicted molar refractivity (Wildman–Crippen MR) is 572 cm³/mol. The van der Waals surface area contributed by atoms with Crippen molar-refractivity contribution in [1.82, 2.24) is 42.4 Å². The first kappa shape index (κ1) is 79.2. The molecule has 9 aromatic heterocycles. The molecular weight excluding hydrogens is 1650 g/mol. The fourth-order valence-corrected chi connectivity index (χ4v) is 22.2. The second-order valence-corrected chi connectivity index (χ2v) is 35.8. The van der Waals surface area contributed by atoms with E-state index < -0.39 is 0 Å². The van der Waals surface area contributed by atoms with Gasteiger partial charge in [-0.2, -0.15) is 0 Å². The van der Waals surface area contributed by atoms with Crippen LogP contribution in [0.1, 0.15) is 22.5 Å². The fourth-order valence-electron chi connectivity index (χ4n) is 22.2. The van der Waals surface area contributed by atoms with Crippen LogP contribution >= 0.6 is 0 Å². The number of aromatic nitrogens is 9. The molecule has 0 unspecified atom stereocenters. The number of para-hydroxylation sites is 10. The van der Waals surface area contributed by atoms with E-state index in [0.29, 0.717) is 0 Å². The van der Waals surface area contributed by atoms with Gasteiger partial charge in [0, 0.05) is 133 Å². The molecule has 19 aromatic carbocycles. The van der Waals surface area contributed by atoms with Crippen LogP contribution in [-0.2, 0) is 0 Å². The molecule has 0 aliphatic carbocycles. The van der Waals surface area contributed by atoms with Gasteiger partial charge in [0.25, 0.3) is 0 Å². The van der Waals surface area contributed by atoms with Gasteiger partial charge in [-0.1, -0.05) is 309 Å². The summed E-state index contributed by atoms with van der Waals surface area (Å²) >= 11 is 0. The number of pyridine rings is 3. The highest BCUT2D eigenvalue weighted by Crippen LogP contribution is 2.50. The summed E-state index contributed by atoms with van der Waals surface area (Å²) in [5.41, 5.74) is 38.1. The minimum atomic E-state index is 1.01. The Morgan fingerprint density at radius 3 is 0.853 bits per heavy atom. The van der Waals surface area contributed by atoms with Gasteiger partial charge in [0.1, 0.15) is 0 Å². The van der Waals surface area contributed by atoms with E-state index in [1.54, 1.807) is 0 Å². The highest BCUT2D eigenvalue weighted by molar-refractivity contribution is 6.30. The summed E-state index contributed by atoms with van der Waals surface area (Å²) in [7, 11) is 0. The van der Waals surface area contributed by atoms with Crippen LogP contribution in [0.5, 0.6) is 0 Å². The van der Waals surface area contributed by atoms with Gasteiger partial charge in [-0.3, -0.25) is 15.0 Å². The van der Waals surface area contributed by atoms with Crippen molar-refractivity contribution < 1.29 is 0 Å². The third-order valence-electron chi connectivity index (χ3n) is 27.9. The number of aryl methyl sites for hydroxylation is 4. The summed E-state index contributed by atoms with van der Waals surface area (Å²) in [4.78, 5) is 16.1. The van der Waals surface area contributed by atoms with Crippen molar-refractivity contribution in [2.75, 3.05) is 0 Å². The summed E-state index contributed by atoms with van der Waals surface area (Å²) in [6.07, 6.45) is 2.10. The first-order chi connectivity index (χ1) is 67.2. The molecule has 0 atom stereocenters. The molecule has 9 nitrogen and oxygen atoms in total. The Morgan fingerprint density at radius 1 is 0.162 bits per heavy atom. The first-order valence-corrected chi connectivity index (χ1v) is 46.7. The molecule has 0 fully saturated rings. The van der Waals surface area contributed by atoms with Crippen LogP contribution in [0.3, 0.4) is 0 Å². The molecule has 136 heavy (non-hydrogen) atoms. The lowest BCUT2D eigenvalue weighted by molar-refractivity contribution is 1.17. The standard InChI is InChI=1S/2C46H31N3.C35H25N3/c1-30-25-39-37-21-11-13-23-41(37)48(35-19-9-4-10-20-35)46(39)44-43(30)45-40(29-47-44)38-22-12-14-24-42(38)49(45)36-27-33(31-15-5-2-6-16-31)26-34(28-36)32-17-7-3-8-18-32;1-30-43-39-22-12-14-24-42(39)49(36-28-33(31-15-5-2-6-16-31)27-34(29-36)32-17-7-3-8-18-32)45(43)40-26-25-38-37-21-11-13-23-41(37)48(46(38)44(40)47-30)35-19-9-4-10-20-35;1-22-21-28-26-17-9-11-19-29(26)37(24-13-5-3-6-14-24)34(28)32-23(2)36-33-27-18-10-12-20-30(27)38(35(33)31(22)32)25-15-7-4-8-16-25/h2*2-29H,1H3;3-21H,1-2H3. The lowest BCUT2D eigenvalue weighted by atomic mass is 9.97. The molecule has 9 heterocycles. The van der Waals surface area contributed by atoms with Crippen molar-refractivity contribution in [2.24, 2.45) is 0 Å². The highest BCUT2D eigenvalue weighted by atomic mass is 15.0. The monoisotopic (exact) mass is 1740 g/mol. The lowest BCUT2D eigenvalue weighted by Gasteiger charge is -2.16. The molecule has 0 spiro atoms. The average Bonchev–Trinajstić information content (AvgIpc) is 1.53. The van der Waals surface area contributed by atoms with E-state index in [-0.39, 0.29) is 0 Å². The predicted octanol–water partition coefficient (Wildman–Crippen LogP) is 33.2. The zero-order valence-electron chi connectivity index (χ0n) is 75.3. The van der Waals surface area contributed by atoms with E-state index in [2.05, 4.69) is 510 Å². The maximum atomic E-state index is 5.47. The van der Waals surface area contributed by atoms with Crippen molar-refractivity contribution in [1.29, 1.82) is 0 Å². The quantitative estimate of drug-likeness (QED) is 0.137. The van der Waals surface area contributed by atoms with Crippen LogP contribution in [0.4, 0.5) is 0 Å². The number of fused-ring (bicyclic) bond motifs is 27. The van der Waals surface area contributed by atoms with Gasteiger partial charge < -0.3 is 27.4 Å². The SMILES string of the molecule is Cc1cc2c3ccccc3n(-c3ccccc3)c2c2ncc3c4ccccc4n(-c4cc(-c5ccccc5)cc(-c5ccccc5)c4)c3c12.Cc1nc2c(ccc3c4ccccc4n(-c4ccccc4)c32)c2c1c1ccccc1n2-c1cc(-c2ccccc2)cc(-c2ccccc2)c1.Cc1nc2c3ccccc3n(-c3ccccc3)c2c2c(C)cc3c4ccccc4n(-c4ccccc4)c3c12. The second kappa shape index (κ2) is 32.1. The Hall–Kier alpha value is -17.8. The fraction of sp³-hybridized carbons (Fsp3) is 0.0315. The molecule has 28 aromatic rings. The van der Waals surface area contributed by atoms with Crippen molar-refractivity contribution in [3.8, 4) is 78.6 Å². The van der Waals surface area contributed by atoms with Crippen LogP contribution in [0, 0.1) is 27.7 Å². The van der Waals surface area contributed by atoms with E-state index >= 15 is 0 Å². The zero-order valence-corrected chi connectivity index (χ0v) is 75.3. The number of benzene rings is 19. The Bertz CT molecular complexity index is 9220. The largest absolute Gasteiger partial charge is 0.309 e. The maximum Gasteiger partial charge on any atom is 0.0973 e. The summed E-state index contributed by atoms with van der Waals surface area (Å²) in [5, 5.41) is 18.1. The molecule has 0 bridgehead atoms. The van der Waals surface area contributed by atoms with Gasteiger partial charge in [0.2, 0.25) is 0 Å². The van der Waals surface area contributed by atoms with Gasteiger partial charge in [-0.15, -0.1) is 0 Å². The summed E-state index contributed by atoms with van der Waals surface area (Å²) in [6, 6.07) is 161. The second-order valence-electron chi connectivity index (χ2n) is 35.8. The lowest BCUT2D eigenvalue weighted by Crippen LogP contribution is -1.99. The Morgan fingerprint density at radius 2 is 0.434 bits per heavy atom. The maximum absolute atomic E-state index is 5.47. The van der Waals surface area contributed by atoms with E-state index in [0.717, 1.165) is 83.9 Å². The molecule has 640 valence electrons. The third kappa shape index (κ3) is 12.6. The highest BCUT2D eigenvalue weighted by Gasteiger charge is 2.29. The number of nitrogens with zero attached hydrogens (tertiary/aromatic N) is 9. The number of rotatable bonds is 10. The summed E-state index contributed by atoms with van der Waals surface area (Å²) in [5.74, 6) is 0. The minimum Gasteiger partial charge on any atom is -0.309 e. The molecule has 0 amide bonds. The van der Waals surface area contributed by atoms with E-state index in [1.165, 1.54) is 181 Å². The topological polar surface area (TPSA) is 68.2 Å². The van der Waals surface area contributed by atoms with E-state index in [4.69, 9.17) is 15.0 Å². The van der Waals surface area contributed by atoms with Crippen LogP contribution < -0.4 is 0 Å². The van der Waals surface area contributed by atoms with Gasteiger partial charge >= 0.3 is 0 Å². The first-order valence-electron chi connectivity index (χ1n) is 46.7. The Labute approximate surface area is 784 Å². The Balaban J connectivity index is 0.000000107. The molecule has 0 saturated heterocycles. The Kier molecular flexibility index (Phi) is 18.7. The molecule has 9 heteroatoms. The van der Waals surface area contributed by atoms with Crippen molar-refractivity contribution in [2.45, 2.75) is 27.7 Å². The van der Waals surface area contributed by atoms with Gasteiger partial charge in [0.05, 0.1) is 82.8 Å². The molecule has 0 radical (unpaired) electrons. The normalized spacial score (nSPS) is 11.8. The number of hydrogen-bond donors (Lipinski definition) is 0. The van der Waals surface area contributed by atoms with Gasteiger partial charge in [-0.05, 0) is 223 Å². The van der Waals surface area contributed by atoms with E-state index in [9.17, 15) is 0 Å². The third-order valence-corrected chi connectivity index (χ3v) is 27.9. The molecule has 0 aliphatic rings. The zero-order chi connectivity index (χ0) is 90.3. The molecular formula is C127H87N9. The minimum absolute atomic E-state index is 1.01.